The van der Waals surface area contributed by atoms with Crippen LogP contribution in [-0.2, 0) is 11.3 Å². The molecule has 3 rings (SSSR count). The molecule has 2 aromatic rings. The molecule has 104 valence electrons. The monoisotopic (exact) mass is 270 g/mol. The first-order chi connectivity index (χ1) is 9.72. The lowest BCUT2D eigenvalue weighted by molar-refractivity contribution is -0.130. The van der Waals surface area contributed by atoms with Crippen LogP contribution in [0.15, 0.2) is 36.7 Å². The van der Waals surface area contributed by atoms with E-state index in [9.17, 15) is 4.79 Å². The number of hydrogen-bond acceptors (Lipinski definition) is 3. The van der Waals surface area contributed by atoms with E-state index in [4.69, 9.17) is 5.73 Å². The minimum Gasteiger partial charge on any atom is -0.399 e. The third-order valence-corrected chi connectivity index (χ3v) is 3.63. The van der Waals surface area contributed by atoms with E-state index in [1.165, 1.54) is 0 Å². The van der Waals surface area contributed by atoms with Gasteiger partial charge in [-0.05, 0) is 30.5 Å². The van der Waals surface area contributed by atoms with E-state index < -0.39 is 0 Å². The highest BCUT2D eigenvalue weighted by Crippen LogP contribution is 2.19. The van der Waals surface area contributed by atoms with Crippen molar-refractivity contribution in [1.82, 2.24) is 14.7 Å². The van der Waals surface area contributed by atoms with Crippen molar-refractivity contribution in [3.8, 4) is 11.1 Å². The molecule has 0 spiro atoms. The van der Waals surface area contributed by atoms with Gasteiger partial charge in [-0.15, -0.1) is 0 Å². The summed E-state index contributed by atoms with van der Waals surface area (Å²) >= 11 is 0. The van der Waals surface area contributed by atoms with Crippen molar-refractivity contribution in [3.05, 3.63) is 36.7 Å². The number of carbonyl (C=O) groups excluding carboxylic acids is 1. The van der Waals surface area contributed by atoms with Crippen LogP contribution < -0.4 is 5.73 Å². The Morgan fingerprint density at radius 1 is 1.15 bits per heavy atom. The summed E-state index contributed by atoms with van der Waals surface area (Å²) in [5, 5.41) is 4.26. The highest BCUT2D eigenvalue weighted by molar-refractivity contribution is 5.76. The van der Waals surface area contributed by atoms with Gasteiger partial charge in [0.05, 0.1) is 6.20 Å². The molecule has 20 heavy (non-hydrogen) atoms. The quantitative estimate of drug-likeness (QED) is 0.864. The second-order valence-electron chi connectivity index (χ2n) is 5.14. The molecule has 2 heterocycles. The molecule has 1 amide bonds. The molecule has 1 aliphatic heterocycles. The predicted molar refractivity (Wildman–Crippen MR) is 77.9 cm³/mol. The summed E-state index contributed by atoms with van der Waals surface area (Å²) in [7, 11) is 0. The van der Waals surface area contributed by atoms with E-state index in [2.05, 4.69) is 5.10 Å². The lowest BCUT2D eigenvalue weighted by atomic mass is 10.1. The molecule has 1 aromatic carbocycles. The van der Waals surface area contributed by atoms with Crippen LogP contribution in [0.4, 0.5) is 5.69 Å². The van der Waals surface area contributed by atoms with Gasteiger partial charge >= 0.3 is 0 Å². The molecule has 0 aliphatic carbocycles. The molecule has 5 nitrogen and oxygen atoms in total. The maximum absolute atomic E-state index is 12.1. The average molecular weight is 270 g/mol. The molecule has 1 saturated heterocycles. The van der Waals surface area contributed by atoms with E-state index in [0.717, 1.165) is 42.7 Å². The molecular weight excluding hydrogens is 252 g/mol. The van der Waals surface area contributed by atoms with Crippen LogP contribution in [0.2, 0.25) is 0 Å². The fourth-order valence-corrected chi connectivity index (χ4v) is 2.48. The number of nitrogen functional groups attached to an aromatic ring is 1. The van der Waals surface area contributed by atoms with Crippen molar-refractivity contribution in [1.29, 1.82) is 0 Å². The molecule has 2 N–H and O–H groups in total. The fourth-order valence-electron chi connectivity index (χ4n) is 2.48. The number of aromatic nitrogens is 2. The molecule has 0 radical (unpaired) electrons. The molecule has 0 atom stereocenters. The number of rotatable bonds is 3. The third-order valence-electron chi connectivity index (χ3n) is 3.63. The number of carbonyl (C=O) groups is 1. The lowest BCUT2D eigenvalue weighted by Crippen LogP contribution is -2.31. The molecular formula is C15H18N4O. The van der Waals surface area contributed by atoms with Crippen LogP contribution in [0.5, 0.6) is 0 Å². The summed E-state index contributed by atoms with van der Waals surface area (Å²) < 4.78 is 1.70. The van der Waals surface area contributed by atoms with Crippen molar-refractivity contribution in [3.63, 3.8) is 0 Å². The van der Waals surface area contributed by atoms with E-state index in [1.807, 2.05) is 35.4 Å². The van der Waals surface area contributed by atoms with Crippen LogP contribution in [0.3, 0.4) is 0 Å². The normalized spacial score (nSPS) is 14.7. The second-order valence-corrected chi connectivity index (χ2v) is 5.14. The van der Waals surface area contributed by atoms with Crippen LogP contribution in [0.1, 0.15) is 12.8 Å². The number of anilines is 1. The van der Waals surface area contributed by atoms with Crippen LogP contribution in [0.25, 0.3) is 11.1 Å². The fraction of sp³-hybridized carbons (Fsp3) is 0.333. The van der Waals surface area contributed by atoms with Gasteiger partial charge < -0.3 is 10.6 Å². The molecule has 5 heteroatoms. The number of benzene rings is 1. The summed E-state index contributed by atoms with van der Waals surface area (Å²) in [5.41, 5.74) is 8.47. The average Bonchev–Trinajstić information content (AvgIpc) is 3.10. The number of amides is 1. The highest BCUT2D eigenvalue weighted by atomic mass is 16.2. The van der Waals surface area contributed by atoms with Crippen molar-refractivity contribution < 1.29 is 4.79 Å². The molecule has 1 aromatic heterocycles. The van der Waals surface area contributed by atoms with E-state index >= 15 is 0 Å². The first-order valence-corrected chi connectivity index (χ1v) is 6.88. The number of likely N-dealkylation sites (tertiary alicyclic amines) is 1. The Hall–Kier alpha value is -2.30. The Morgan fingerprint density at radius 3 is 2.55 bits per heavy atom. The van der Waals surface area contributed by atoms with Crippen LogP contribution in [0, 0.1) is 0 Å². The Labute approximate surface area is 118 Å². The van der Waals surface area contributed by atoms with Gasteiger partial charge in [-0.25, -0.2) is 0 Å². The van der Waals surface area contributed by atoms with Crippen molar-refractivity contribution in [2.75, 3.05) is 18.8 Å². The molecule has 0 bridgehead atoms. The van der Waals surface area contributed by atoms with Crippen molar-refractivity contribution >= 4 is 11.6 Å². The summed E-state index contributed by atoms with van der Waals surface area (Å²) in [4.78, 5) is 14.0. The molecule has 1 aliphatic rings. The first-order valence-electron chi connectivity index (χ1n) is 6.88. The van der Waals surface area contributed by atoms with Gasteiger partial charge in [0.15, 0.2) is 0 Å². The summed E-state index contributed by atoms with van der Waals surface area (Å²) in [5.74, 6) is 0.148. The first kappa shape index (κ1) is 12.7. The number of nitrogens with zero attached hydrogens (tertiary/aromatic N) is 3. The summed E-state index contributed by atoms with van der Waals surface area (Å²) in [6.45, 7) is 2.07. The Bertz CT molecular complexity index is 597. The Kier molecular flexibility index (Phi) is 3.41. The Balaban J connectivity index is 1.70. The predicted octanol–water partition coefficient (Wildman–Crippen LogP) is 1.75. The largest absolute Gasteiger partial charge is 0.399 e. The molecule has 1 fully saturated rings. The van der Waals surface area contributed by atoms with Crippen LogP contribution >= 0.6 is 0 Å². The van der Waals surface area contributed by atoms with Gasteiger partial charge in [0.2, 0.25) is 5.91 Å². The second kappa shape index (κ2) is 5.36. The zero-order chi connectivity index (χ0) is 13.9. The number of hydrogen-bond donors (Lipinski definition) is 1. The van der Waals surface area contributed by atoms with Crippen molar-refractivity contribution in [2.45, 2.75) is 19.4 Å². The van der Waals surface area contributed by atoms with Gasteiger partial charge in [-0.3, -0.25) is 9.48 Å². The van der Waals surface area contributed by atoms with Gasteiger partial charge in [0.1, 0.15) is 6.54 Å². The van der Waals surface area contributed by atoms with Crippen molar-refractivity contribution in [2.24, 2.45) is 0 Å². The van der Waals surface area contributed by atoms with Gasteiger partial charge in [0.25, 0.3) is 0 Å². The smallest absolute Gasteiger partial charge is 0.244 e. The van der Waals surface area contributed by atoms with Gasteiger partial charge in [0, 0.05) is 30.5 Å². The minimum atomic E-state index is 0.148. The minimum absolute atomic E-state index is 0.148. The van der Waals surface area contributed by atoms with Crippen LogP contribution in [-0.4, -0.2) is 33.7 Å². The topological polar surface area (TPSA) is 64.1 Å². The van der Waals surface area contributed by atoms with E-state index in [0.29, 0.717) is 6.54 Å². The maximum Gasteiger partial charge on any atom is 0.244 e. The van der Waals surface area contributed by atoms with E-state index in [-0.39, 0.29) is 5.91 Å². The SMILES string of the molecule is Nc1ccc(-c2cnn(CC(=O)N3CCCC3)c2)cc1. The van der Waals surface area contributed by atoms with Gasteiger partial charge in [-0.1, -0.05) is 12.1 Å². The lowest BCUT2D eigenvalue weighted by Gasteiger charge is -2.14. The maximum atomic E-state index is 12.1. The zero-order valence-corrected chi connectivity index (χ0v) is 11.3. The highest BCUT2D eigenvalue weighted by Gasteiger charge is 2.18. The standard InChI is InChI=1S/C15H18N4O/c16-14-5-3-12(4-6-14)13-9-17-19(10-13)11-15(20)18-7-1-2-8-18/h3-6,9-10H,1-2,7-8,11,16H2. The third kappa shape index (κ3) is 2.66. The Morgan fingerprint density at radius 2 is 1.85 bits per heavy atom. The van der Waals surface area contributed by atoms with E-state index in [1.54, 1.807) is 10.9 Å². The molecule has 0 unspecified atom stereocenters. The number of nitrogens with two attached hydrogens (primary N) is 1. The molecule has 0 saturated carbocycles. The zero-order valence-electron chi connectivity index (χ0n) is 11.3. The van der Waals surface area contributed by atoms with Gasteiger partial charge in [-0.2, -0.15) is 5.10 Å². The summed E-state index contributed by atoms with van der Waals surface area (Å²) in [6.07, 6.45) is 5.91. The summed E-state index contributed by atoms with van der Waals surface area (Å²) in [6, 6.07) is 7.64.